The van der Waals surface area contributed by atoms with Gasteiger partial charge in [-0.25, -0.2) is 4.98 Å². The van der Waals surface area contributed by atoms with Crippen LogP contribution in [0.5, 0.6) is 5.75 Å². The smallest absolute Gasteiger partial charge is 0.309 e. The molecule has 21 heavy (non-hydrogen) atoms. The first kappa shape index (κ1) is 15.1. The summed E-state index contributed by atoms with van der Waals surface area (Å²) in [6.45, 7) is 1.94. The molecule has 0 atom stereocenters. The van der Waals surface area contributed by atoms with Crippen LogP contribution < -0.4 is 4.18 Å². The lowest BCUT2D eigenvalue weighted by molar-refractivity contribution is 0.486. The van der Waals surface area contributed by atoms with E-state index in [2.05, 4.69) is 15.0 Å². The van der Waals surface area contributed by atoms with Crippen molar-refractivity contribution >= 4 is 21.0 Å². The molecule has 0 radical (unpaired) electrons. The maximum atomic E-state index is 11.9. The largest absolute Gasteiger partial charge is 0.380 e. The van der Waals surface area contributed by atoms with Crippen LogP contribution in [0.15, 0.2) is 35.4 Å². The van der Waals surface area contributed by atoms with Crippen LogP contribution in [0.3, 0.4) is 0 Å². The number of benzene rings is 1. The molecule has 7 nitrogen and oxygen atoms in total. The minimum atomic E-state index is -3.74. The van der Waals surface area contributed by atoms with Crippen molar-refractivity contribution in [3.05, 3.63) is 46.5 Å². The van der Waals surface area contributed by atoms with E-state index >= 15 is 0 Å². The first-order valence-electron chi connectivity index (χ1n) is 6.31. The Bertz CT molecular complexity index is 798. The highest BCUT2D eigenvalue weighted by Crippen LogP contribution is 2.25. The van der Waals surface area contributed by atoms with Gasteiger partial charge < -0.3 is 4.18 Å². The van der Waals surface area contributed by atoms with E-state index in [0.717, 1.165) is 11.1 Å². The Hall–Kier alpha value is -2.31. The van der Waals surface area contributed by atoms with Gasteiger partial charge in [-0.2, -0.15) is 8.42 Å². The molecule has 0 bridgehead atoms. The molecule has 0 unspecified atom stereocenters. The molecule has 0 saturated heterocycles. The summed E-state index contributed by atoms with van der Waals surface area (Å²) in [7, 11) is -3.74. The molecule has 0 aliphatic rings. The van der Waals surface area contributed by atoms with Gasteiger partial charge in [-0.15, -0.1) is 0 Å². The number of aryl methyl sites for hydroxylation is 1. The lowest BCUT2D eigenvalue weighted by atomic mass is 10.2. The molecular formula is C13H14N4O3S. The Morgan fingerprint density at radius 2 is 2.14 bits per heavy atom. The number of para-hydroxylation sites is 1. The fourth-order valence-corrected chi connectivity index (χ4v) is 2.79. The molecule has 1 aromatic carbocycles. The molecule has 2 aromatic rings. The Morgan fingerprint density at radius 3 is 2.90 bits per heavy atom. The van der Waals surface area contributed by atoms with Crippen LogP contribution in [0.25, 0.3) is 21.3 Å². The SMILES string of the molecule is Cc1ccc2cccc(OS(=O)(=O)CCCN=[N+]=[N-])c2n1. The first-order chi connectivity index (χ1) is 10.0. The maximum Gasteiger partial charge on any atom is 0.309 e. The molecule has 0 aliphatic carbocycles. The number of azide groups is 1. The van der Waals surface area contributed by atoms with Gasteiger partial charge in [0.1, 0.15) is 5.52 Å². The minimum Gasteiger partial charge on any atom is -0.380 e. The molecule has 0 N–H and O–H groups in total. The van der Waals surface area contributed by atoms with Gasteiger partial charge in [-0.3, -0.25) is 0 Å². The normalized spacial score (nSPS) is 11.1. The summed E-state index contributed by atoms with van der Waals surface area (Å²) in [5.41, 5.74) is 9.43. The topological polar surface area (TPSA) is 105 Å². The second-order valence-corrected chi connectivity index (χ2v) is 6.12. The highest BCUT2D eigenvalue weighted by molar-refractivity contribution is 7.87. The average Bonchev–Trinajstić information content (AvgIpc) is 2.44. The van der Waals surface area contributed by atoms with Crippen molar-refractivity contribution in [3.8, 4) is 5.75 Å². The van der Waals surface area contributed by atoms with Gasteiger partial charge in [0.05, 0.1) is 5.75 Å². The second-order valence-electron chi connectivity index (χ2n) is 4.43. The predicted octanol–water partition coefficient (Wildman–Crippen LogP) is 2.95. The summed E-state index contributed by atoms with van der Waals surface area (Å²) in [4.78, 5) is 6.88. The summed E-state index contributed by atoms with van der Waals surface area (Å²) >= 11 is 0. The number of hydrogen-bond acceptors (Lipinski definition) is 5. The Labute approximate surface area is 122 Å². The lowest BCUT2D eigenvalue weighted by Crippen LogP contribution is -2.14. The van der Waals surface area contributed by atoms with Crippen LogP contribution in [-0.4, -0.2) is 25.7 Å². The number of fused-ring (bicyclic) bond motifs is 1. The zero-order valence-electron chi connectivity index (χ0n) is 11.4. The highest BCUT2D eigenvalue weighted by atomic mass is 32.2. The van der Waals surface area contributed by atoms with E-state index in [9.17, 15) is 8.42 Å². The van der Waals surface area contributed by atoms with Crippen molar-refractivity contribution in [1.29, 1.82) is 0 Å². The monoisotopic (exact) mass is 306 g/mol. The van der Waals surface area contributed by atoms with Crippen LogP contribution in [0.4, 0.5) is 0 Å². The number of hydrogen-bond donors (Lipinski definition) is 0. The number of aromatic nitrogens is 1. The lowest BCUT2D eigenvalue weighted by Gasteiger charge is -2.09. The first-order valence-corrected chi connectivity index (χ1v) is 7.89. The molecule has 0 fully saturated rings. The molecular weight excluding hydrogens is 292 g/mol. The van der Waals surface area contributed by atoms with Gasteiger partial charge in [0.2, 0.25) is 0 Å². The third-order valence-corrected chi connectivity index (χ3v) is 3.98. The molecule has 1 aromatic heterocycles. The maximum absolute atomic E-state index is 11.9. The van der Waals surface area contributed by atoms with E-state index in [1.807, 2.05) is 25.1 Å². The van der Waals surface area contributed by atoms with Gasteiger partial charge in [-0.1, -0.05) is 23.3 Å². The fraction of sp³-hybridized carbons (Fsp3) is 0.308. The van der Waals surface area contributed by atoms with Crippen molar-refractivity contribution in [2.75, 3.05) is 12.3 Å². The van der Waals surface area contributed by atoms with E-state index in [4.69, 9.17) is 9.71 Å². The van der Waals surface area contributed by atoms with E-state index in [1.54, 1.807) is 12.1 Å². The summed E-state index contributed by atoms with van der Waals surface area (Å²) in [6.07, 6.45) is 0.212. The summed E-state index contributed by atoms with van der Waals surface area (Å²) in [5.74, 6) is -0.00575. The van der Waals surface area contributed by atoms with Crippen LogP contribution in [-0.2, 0) is 10.1 Å². The third kappa shape index (κ3) is 4.08. The van der Waals surface area contributed by atoms with Crippen molar-refractivity contribution < 1.29 is 12.6 Å². The van der Waals surface area contributed by atoms with Crippen molar-refractivity contribution in [3.63, 3.8) is 0 Å². The van der Waals surface area contributed by atoms with Crippen molar-refractivity contribution in [2.45, 2.75) is 13.3 Å². The van der Waals surface area contributed by atoms with E-state index in [0.29, 0.717) is 5.52 Å². The fourth-order valence-electron chi connectivity index (χ4n) is 1.82. The molecule has 2 rings (SSSR count). The number of pyridine rings is 1. The van der Waals surface area contributed by atoms with E-state index in [-0.39, 0.29) is 24.5 Å². The Kier molecular flexibility index (Phi) is 4.62. The minimum absolute atomic E-state index is 0.117. The van der Waals surface area contributed by atoms with Gasteiger partial charge in [0, 0.05) is 22.5 Å². The Morgan fingerprint density at radius 1 is 1.33 bits per heavy atom. The average molecular weight is 306 g/mol. The molecule has 0 aliphatic heterocycles. The molecule has 110 valence electrons. The van der Waals surface area contributed by atoms with Crippen LogP contribution >= 0.6 is 0 Å². The van der Waals surface area contributed by atoms with Gasteiger partial charge >= 0.3 is 10.1 Å². The molecule has 0 saturated carbocycles. The van der Waals surface area contributed by atoms with Crippen molar-refractivity contribution in [2.24, 2.45) is 5.11 Å². The zero-order valence-corrected chi connectivity index (χ0v) is 12.2. The summed E-state index contributed by atoms with van der Waals surface area (Å²) in [6, 6.07) is 8.83. The molecule has 1 heterocycles. The number of rotatable bonds is 6. The number of nitrogens with zero attached hydrogens (tertiary/aromatic N) is 4. The summed E-state index contributed by atoms with van der Waals surface area (Å²) < 4.78 is 28.9. The predicted molar refractivity (Wildman–Crippen MR) is 79.5 cm³/mol. The van der Waals surface area contributed by atoms with Crippen LogP contribution in [0, 0.1) is 6.92 Å². The highest BCUT2D eigenvalue weighted by Gasteiger charge is 2.15. The van der Waals surface area contributed by atoms with Gasteiger partial charge in [-0.05, 0) is 31.0 Å². The molecule has 8 heteroatoms. The van der Waals surface area contributed by atoms with E-state index < -0.39 is 10.1 Å². The quantitative estimate of drug-likeness (QED) is 0.269. The third-order valence-electron chi connectivity index (χ3n) is 2.75. The van der Waals surface area contributed by atoms with Crippen LogP contribution in [0.2, 0.25) is 0 Å². The van der Waals surface area contributed by atoms with Crippen LogP contribution in [0.1, 0.15) is 12.1 Å². The standard InChI is InChI=1S/C13H14N4O3S/c1-10-6-7-11-4-2-5-12(13(11)16-10)20-21(18,19)9-3-8-15-17-14/h2,4-7H,3,8-9H2,1H3. The van der Waals surface area contributed by atoms with Gasteiger partial charge in [0.15, 0.2) is 5.75 Å². The van der Waals surface area contributed by atoms with Crippen molar-refractivity contribution in [1.82, 2.24) is 4.98 Å². The summed E-state index contributed by atoms with van der Waals surface area (Å²) in [5, 5.41) is 4.10. The Balaban J connectivity index is 2.22. The zero-order chi connectivity index (χ0) is 15.3. The molecule has 0 amide bonds. The van der Waals surface area contributed by atoms with Gasteiger partial charge in [0.25, 0.3) is 0 Å². The second kappa shape index (κ2) is 6.43. The molecule has 0 spiro atoms. The van der Waals surface area contributed by atoms with E-state index in [1.165, 1.54) is 0 Å².